The average Bonchev–Trinajstić information content (AvgIpc) is 2.24. The first-order valence-electron chi connectivity index (χ1n) is 4.91. The molecule has 0 N–H and O–H groups in total. The zero-order chi connectivity index (χ0) is 14.8. The van der Waals surface area contributed by atoms with Gasteiger partial charge in [-0.25, -0.2) is 0 Å². The summed E-state index contributed by atoms with van der Waals surface area (Å²) < 4.78 is 66.6. The number of ether oxygens (including phenoxy) is 1. The molecule has 0 aliphatic heterocycles. The van der Waals surface area contributed by atoms with E-state index in [-0.39, 0.29) is 16.9 Å². The van der Waals surface area contributed by atoms with Gasteiger partial charge in [-0.05, 0) is 37.1 Å². The Morgan fingerprint density at radius 2 is 1.63 bits per heavy atom. The molecule has 108 valence electrons. The predicted octanol–water partition coefficient (Wildman–Crippen LogP) is 3.19. The molecule has 0 unspecified atom stereocenters. The molecule has 0 atom stereocenters. The molecule has 19 heavy (non-hydrogen) atoms. The van der Waals surface area contributed by atoms with Gasteiger partial charge in [-0.1, -0.05) is 0 Å². The van der Waals surface area contributed by atoms with Crippen LogP contribution in [0.5, 0.6) is 5.75 Å². The van der Waals surface area contributed by atoms with Crippen molar-refractivity contribution in [3.63, 3.8) is 0 Å². The van der Waals surface area contributed by atoms with Crippen molar-refractivity contribution in [3.05, 3.63) is 23.3 Å². The Morgan fingerprint density at radius 3 is 2.00 bits per heavy atom. The van der Waals surface area contributed by atoms with Crippen LogP contribution in [0.3, 0.4) is 0 Å². The summed E-state index contributed by atoms with van der Waals surface area (Å²) in [5, 5.41) is 0. The van der Waals surface area contributed by atoms with E-state index >= 15 is 0 Å². The normalized spacial score (nSPS) is 12.5. The number of rotatable bonds is 4. The van der Waals surface area contributed by atoms with Crippen molar-refractivity contribution in [2.75, 3.05) is 7.11 Å². The molecule has 0 aromatic heterocycles. The standard InChI is InChI=1S/C10H11F3O4S2/c1-6-4-8(5-7(2)9(6)16-3)18-17-19(14,15)10(11,12)13/h4-5H,1-3H3. The van der Waals surface area contributed by atoms with E-state index in [9.17, 15) is 21.6 Å². The van der Waals surface area contributed by atoms with Crippen LogP contribution in [-0.2, 0) is 13.7 Å². The van der Waals surface area contributed by atoms with Crippen LogP contribution in [0, 0.1) is 13.8 Å². The maximum absolute atomic E-state index is 12.1. The van der Waals surface area contributed by atoms with Crippen molar-refractivity contribution in [1.29, 1.82) is 0 Å². The van der Waals surface area contributed by atoms with Crippen molar-refractivity contribution in [2.24, 2.45) is 0 Å². The molecule has 0 bridgehead atoms. The van der Waals surface area contributed by atoms with E-state index in [1.807, 2.05) is 0 Å². The number of benzene rings is 1. The van der Waals surface area contributed by atoms with Crippen LogP contribution in [-0.4, -0.2) is 21.0 Å². The summed E-state index contributed by atoms with van der Waals surface area (Å²) in [7, 11) is -4.14. The van der Waals surface area contributed by atoms with Gasteiger partial charge in [-0.2, -0.15) is 25.2 Å². The lowest BCUT2D eigenvalue weighted by Crippen LogP contribution is -2.23. The first kappa shape index (κ1) is 16.1. The van der Waals surface area contributed by atoms with E-state index in [2.05, 4.69) is 3.63 Å². The van der Waals surface area contributed by atoms with Crippen LogP contribution in [0.25, 0.3) is 0 Å². The average molecular weight is 316 g/mol. The first-order valence-corrected chi connectivity index (χ1v) is 7.06. The Bertz CT molecular complexity index is 544. The van der Waals surface area contributed by atoms with Crippen molar-refractivity contribution in [1.82, 2.24) is 0 Å². The van der Waals surface area contributed by atoms with Crippen molar-refractivity contribution < 1.29 is 30.0 Å². The third kappa shape index (κ3) is 3.77. The molecule has 0 heterocycles. The SMILES string of the molecule is COc1c(C)cc(SOS(=O)(=O)C(F)(F)F)cc1C. The zero-order valence-corrected chi connectivity index (χ0v) is 11.9. The Morgan fingerprint density at radius 1 is 1.16 bits per heavy atom. The minimum atomic E-state index is -5.61. The van der Waals surface area contributed by atoms with Gasteiger partial charge in [-0.3, -0.25) is 0 Å². The molecule has 0 amide bonds. The second-order valence-corrected chi connectivity index (χ2v) is 6.20. The fraction of sp³-hybridized carbons (Fsp3) is 0.400. The van der Waals surface area contributed by atoms with Crippen LogP contribution < -0.4 is 4.74 Å². The summed E-state index contributed by atoms with van der Waals surface area (Å²) >= 11 is 0.138. The molecule has 0 spiro atoms. The van der Waals surface area contributed by atoms with Gasteiger partial charge in [0.25, 0.3) is 0 Å². The molecule has 4 nitrogen and oxygen atoms in total. The predicted molar refractivity (Wildman–Crippen MR) is 64.4 cm³/mol. The highest BCUT2D eigenvalue weighted by Gasteiger charge is 2.48. The van der Waals surface area contributed by atoms with Crippen LogP contribution in [0.1, 0.15) is 11.1 Å². The lowest BCUT2D eigenvalue weighted by atomic mass is 10.1. The monoisotopic (exact) mass is 316 g/mol. The van der Waals surface area contributed by atoms with Crippen LogP contribution in [0.15, 0.2) is 17.0 Å². The summed E-state index contributed by atoms with van der Waals surface area (Å²) in [6.45, 7) is 3.38. The van der Waals surface area contributed by atoms with Gasteiger partial charge in [0.2, 0.25) is 0 Å². The fourth-order valence-corrected chi connectivity index (χ4v) is 2.83. The van der Waals surface area contributed by atoms with Gasteiger partial charge in [-0.15, -0.1) is 0 Å². The number of aryl methyl sites for hydroxylation is 2. The summed E-state index contributed by atoms with van der Waals surface area (Å²) in [6.07, 6.45) is 0. The zero-order valence-electron chi connectivity index (χ0n) is 10.2. The van der Waals surface area contributed by atoms with Gasteiger partial charge >= 0.3 is 15.6 Å². The van der Waals surface area contributed by atoms with Crippen molar-refractivity contribution in [3.8, 4) is 5.75 Å². The van der Waals surface area contributed by atoms with Gasteiger partial charge < -0.3 is 4.74 Å². The van der Waals surface area contributed by atoms with Gasteiger partial charge in [0.05, 0.1) is 7.11 Å². The van der Waals surface area contributed by atoms with Crippen LogP contribution >= 0.6 is 12.0 Å². The molecule has 1 aromatic carbocycles. The molecule has 1 rings (SSSR count). The van der Waals surface area contributed by atoms with E-state index in [4.69, 9.17) is 4.74 Å². The summed E-state index contributed by atoms with van der Waals surface area (Å²) in [5.41, 5.74) is -4.10. The second kappa shape index (κ2) is 5.59. The second-order valence-electron chi connectivity index (χ2n) is 3.64. The highest BCUT2D eigenvalue weighted by atomic mass is 32.3. The Labute approximate surface area is 113 Å². The first-order chi connectivity index (χ1) is 8.58. The smallest absolute Gasteiger partial charge is 0.496 e. The third-order valence-electron chi connectivity index (χ3n) is 2.14. The highest BCUT2D eigenvalue weighted by Crippen LogP contribution is 2.34. The van der Waals surface area contributed by atoms with Gasteiger partial charge in [0.15, 0.2) is 0 Å². The lowest BCUT2D eigenvalue weighted by molar-refractivity contribution is -0.0494. The largest absolute Gasteiger partial charge is 0.524 e. The number of alkyl halides is 3. The van der Waals surface area contributed by atoms with Crippen molar-refractivity contribution >= 4 is 22.2 Å². The minimum absolute atomic E-state index is 0.138. The van der Waals surface area contributed by atoms with Crippen LogP contribution in [0.2, 0.25) is 0 Å². The topological polar surface area (TPSA) is 52.6 Å². The molecule has 0 aliphatic rings. The van der Waals surface area contributed by atoms with E-state index in [1.165, 1.54) is 19.2 Å². The molecule has 0 saturated heterocycles. The number of hydrogen-bond donors (Lipinski definition) is 0. The number of hydrogen-bond acceptors (Lipinski definition) is 5. The quantitative estimate of drug-likeness (QED) is 0.631. The van der Waals surface area contributed by atoms with Gasteiger partial charge in [0.1, 0.15) is 5.75 Å². The summed E-state index contributed by atoms with van der Waals surface area (Å²) in [5.74, 6) is 0.586. The van der Waals surface area contributed by atoms with Crippen LogP contribution in [0.4, 0.5) is 13.2 Å². The molecule has 0 radical (unpaired) electrons. The summed E-state index contributed by atoms with van der Waals surface area (Å²) in [4.78, 5) is 0.239. The molecule has 0 fully saturated rings. The number of halogens is 3. The molecule has 1 aromatic rings. The molecular weight excluding hydrogens is 305 g/mol. The van der Waals surface area contributed by atoms with Crippen molar-refractivity contribution in [2.45, 2.75) is 24.3 Å². The molecule has 0 aliphatic carbocycles. The van der Waals surface area contributed by atoms with E-state index in [0.29, 0.717) is 16.9 Å². The Hall–Kier alpha value is -0.930. The minimum Gasteiger partial charge on any atom is -0.496 e. The molecule has 9 heteroatoms. The Balaban J connectivity index is 2.92. The Kier molecular flexibility index (Phi) is 4.75. The number of methoxy groups -OCH3 is 1. The summed E-state index contributed by atoms with van der Waals surface area (Å²) in [6, 6.07) is 2.95. The fourth-order valence-electron chi connectivity index (χ4n) is 1.40. The van der Waals surface area contributed by atoms with E-state index in [0.717, 1.165) is 0 Å². The maximum Gasteiger partial charge on any atom is 0.524 e. The highest BCUT2D eigenvalue weighted by molar-refractivity contribution is 8.04. The molecular formula is C10H11F3O4S2. The van der Waals surface area contributed by atoms with E-state index in [1.54, 1.807) is 13.8 Å². The van der Waals surface area contributed by atoms with E-state index < -0.39 is 15.6 Å². The third-order valence-corrected chi connectivity index (χ3v) is 4.13. The molecule has 0 saturated carbocycles. The maximum atomic E-state index is 12.1. The lowest BCUT2D eigenvalue weighted by Gasteiger charge is -2.11. The van der Waals surface area contributed by atoms with Gasteiger partial charge in [0, 0.05) is 16.9 Å².